The Labute approximate surface area is 135 Å². The zero-order valence-corrected chi connectivity index (χ0v) is 13.3. The molecule has 22 heavy (non-hydrogen) atoms. The van der Waals surface area contributed by atoms with E-state index in [4.69, 9.17) is 11.6 Å². The van der Waals surface area contributed by atoms with Gasteiger partial charge in [0, 0.05) is 18.8 Å². The minimum atomic E-state index is 0.0208. The van der Waals surface area contributed by atoms with Gasteiger partial charge in [0.1, 0.15) is 5.15 Å². The normalized spacial score (nSPS) is 15.4. The van der Waals surface area contributed by atoms with Crippen molar-refractivity contribution < 1.29 is 4.79 Å². The van der Waals surface area contributed by atoms with Crippen molar-refractivity contribution in [1.82, 2.24) is 9.88 Å². The van der Waals surface area contributed by atoms with Crippen LogP contribution in [-0.2, 0) is 6.54 Å². The van der Waals surface area contributed by atoms with Crippen molar-refractivity contribution in [2.45, 2.75) is 32.4 Å². The molecule has 3 rings (SSSR count). The van der Waals surface area contributed by atoms with Crippen molar-refractivity contribution in [3.63, 3.8) is 0 Å². The Hall–Kier alpha value is -1.87. The lowest BCUT2D eigenvalue weighted by molar-refractivity contribution is 0.0654. The molecule has 1 aromatic carbocycles. The minimum absolute atomic E-state index is 0.0208. The zero-order valence-electron chi connectivity index (χ0n) is 12.6. The van der Waals surface area contributed by atoms with Crippen LogP contribution in [0.25, 0.3) is 0 Å². The summed E-state index contributed by atoms with van der Waals surface area (Å²) in [4.78, 5) is 18.9. The molecular weight excluding hydrogens is 296 g/mol. The summed E-state index contributed by atoms with van der Waals surface area (Å²) >= 11 is 5.81. The van der Waals surface area contributed by atoms with E-state index in [9.17, 15) is 4.79 Å². The molecule has 0 spiro atoms. The molecule has 4 heteroatoms. The molecule has 0 saturated heterocycles. The first-order valence-electron chi connectivity index (χ1n) is 7.61. The third kappa shape index (κ3) is 3.47. The molecule has 1 aliphatic carbocycles. The van der Waals surface area contributed by atoms with Crippen LogP contribution < -0.4 is 0 Å². The Morgan fingerprint density at radius 3 is 2.59 bits per heavy atom. The summed E-state index contributed by atoms with van der Waals surface area (Å²) in [6.07, 6.45) is 3.97. The molecule has 1 saturated carbocycles. The van der Waals surface area contributed by atoms with Crippen LogP contribution in [0.3, 0.4) is 0 Å². The summed E-state index contributed by atoms with van der Waals surface area (Å²) in [5.74, 6) is 0.639. The summed E-state index contributed by atoms with van der Waals surface area (Å²) in [6.45, 7) is 2.77. The van der Waals surface area contributed by atoms with Gasteiger partial charge in [0.2, 0.25) is 0 Å². The third-order valence-electron chi connectivity index (χ3n) is 4.23. The lowest BCUT2D eigenvalue weighted by atomic mass is 10.1. The predicted molar refractivity (Wildman–Crippen MR) is 87.7 cm³/mol. The average molecular weight is 315 g/mol. The number of carbonyl (C=O) groups is 1. The van der Waals surface area contributed by atoms with E-state index in [0.29, 0.717) is 23.2 Å². The maximum absolute atomic E-state index is 12.9. The number of halogens is 1. The van der Waals surface area contributed by atoms with Gasteiger partial charge in [0.25, 0.3) is 5.91 Å². The van der Waals surface area contributed by atoms with Gasteiger partial charge in [0.05, 0.1) is 5.56 Å². The molecule has 2 aromatic rings. The number of nitrogens with zero attached hydrogens (tertiary/aromatic N) is 2. The van der Waals surface area contributed by atoms with E-state index in [1.54, 1.807) is 18.3 Å². The van der Waals surface area contributed by atoms with Crippen molar-refractivity contribution in [2.75, 3.05) is 0 Å². The Morgan fingerprint density at radius 1 is 1.27 bits per heavy atom. The number of aromatic nitrogens is 1. The molecule has 1 heterocycles. The van der Waals surface area contributed by atoms with Gasteiger partial charge in [0.15, 0.2) is 0 Å². The number of amides is 1. The van der Waals surface area contributed by atoms with Gasteiger partial charge in [-0.2, -0.15) is 0 Å². The Kier molecular flexibility index (Phi) is 4.44. The maximum atomic E-state index is 12.9. The average Bonchev–Trinajstić information content (AvgIpc) is 3.38. The third-order valence-corrected chi connectivity index (χ3v) is 4.45. The van der Waals surface area contributed by atoms with Crippen LogP contribution in [0.4, 0.5) is 0 Å². The van der Waals surface area contributed by atoms with E-state index >= 15 is 0 Å². The molecule has 0 N–H and O–H groups in total. The van der Waals surface area contributed by atoms with Crippen LogP contribution in [0, 0.1) is 5.92 Å². The van der Waals surface area contributed by atoms with Crippen molar-refractivity contribution in [3.05, 3.63) is 64.9 Å². The van der Waals surface area contributed by atoms with E-state index in [-0.39, 0.29) is 11.9 Å². The summed E-state index contributed by atoms with van der Waals surface area (Å²) in [7, 11) is 0. The number of benzene rings is 1. The summed E-state index contributed by atoms with van der Waals surface area (Å²) < 4.78 is 0. The quantitative estimate of drug-likeness (QED) is 0.776. The molecule has 114 valence electrons. The molecule has 0 aliphatic heterocycles. The van der Waals surface area contributed by atoms with E-state index in [1.807, 2.05) is 23.1 Å². The van der Waals surface area contributed by atoms with Crippen LogP contribution in [0.2, 0.25) is 5.15 Å². The first-order valence-corrected chi connectivity index (χ1v) is 7.99. The van der Waals surface area contributed by atoms with E-state index in [2.05, 4.69) is 24.0 Å². The van der Waals surface area contributed by atoms with Gasteiger partial charge < -0.3 is 4.90 Å². The van der Waals surface area contributed by atoms with Crippen LogP contribution in [0.15, 0.2) is 48.7 Å². The molecule has 3 nitrogen and oxygen atoms in total. The second-order valence-electron chi connectivity index (χ2n) is 5.87. The van der Waals surface area contributed by atoms with E-state index < -0.39 is 0 Å². The summed E-state index contributed by atoms with van der Waals surface area (Å²) in [5, 5.41) is 0.404. The standard InChI is InChI=1S/C18H19ClN2O/c1-13(15-7-8-15)21(12-14-5-3-2-4-6-14)18(22)16-9-10-17(19)20-11-16/h2-6,9-11,13,15H,7-8,12H2,1H3. The first-order chi connectivity index (χ1) is 10.6. The number of hydrogen-bond acceptors (Lipinski definition) is 2. The highest BCUT2D eigenvalue weighted by molar-refractivity contribution is 6.29. The van der Waals surface area contributed by atoms with Crippen LogP contribution in [-0.4, -0.2) is 21.8 Å². The van der Waals surface area contributed by atoms with Crippen LogP contribution in [0.5, 0.6) is 0 Å². The van der Waals surface area contributed by atoms with Crippen LogP contribution in [0.1, 0.15) is 35.7 Å². The number of rotatable bonds is 5. The second-order valence-corrected chi connectivity index (χ2v) is 6.25. The fraction of sp³-hybridized carbons (Fsp3) is 0.333. The van der Waals surface area contributed by atoms with Gasteiger partial charge in [-0.1, -0.05) is 41.9 Å². The molecule has 1 aliphatic rings. The lowest BCUT2D eigenvalue weighted by Crippen LogP contribution is -2.39. The smallest absolute Gasteiger partial charge is 0.255 e. The number of hydrogen-bond donors (Lipinski definition) is 0. The zero-order chi connectivity index (χ0) is 15.5. The lowest BCUT2D eigenvalue weighted by Gasteiger charge is -2.29. The molecule has 1 atom stereocenters. The molecule has 1 aromatic heterocycles. The van der Waals surface area contributed by atoms with Crippen molar-refractivity contribution in [2.24, 2.45) is 5.92 Å². The van der Waals surface area contributed by atoms with Gasteiger partial charge in [-0.15, -0.1) is 0 Å². The van der Waals surface area contributed by atoms with Crippen molar-refractivity contribution >= 4 is 17.5 Å². The maximum Gasteiger partial charge on any atom is 0.255 e. The molecule has 1 unspecified atom stereocenters. The second kappa shape index (κ2) is 6.49. The van der Waals surface area contributed by atoms with Gasteiger partial charge in [-0.25, -0.2) is 4.98 Å². The molecule has 1 amide bonds. The Morgan fingerprint density at radius 2 is 2.00 bits per heavy atom. The SMILES string of the molecule is CC(C1CC1)N(Cc1ccccc1)C(=O)c1ccc(Cl)nc1. The largest absolute Gasteiger partial charge is 0.331 e. The van der Waals surface area contributed by atoms with Gasteiger partial charge in [-0.3, -0.25) is 4.79 Å². The van der Waals surface area contributed by atoms with E-state index in [1.165, 1.54) is 12.8 Å². The molecule has 0 bridgehead atoms. The summed E-state index contributed by atoms with van der Waals surface area (Å²) in [5.41, 5.74) is 1.73. The fourth-order valence-corrected chi connectivity index (χ4v) is 2.79. The highest BCUT2D eigenvalue weighted by atomic mass is 35.5. The first kappa shape index (κ1) is 15.0. The highest BCUT2D eigenvalue weighted by Crippen LogP contribution is 2.36. The molecule has 1 fully saturated rings. The Balaban J connectivity index is 1.84. The topological polar surface area (TPSA) is 33.2 Å². The van der Waals surface area contributed by atoms with Crippen LogP contribution >= 0.6 is 11.6 Å². The van der Waals surface area contributed by atoms with E-state index in [0.717, 1.165) is 5.56 Å². The predicted octanol–water partition coefficient (Wildman–Crippen LogP) is 4.18. The monoisotopic (exact) mass is 314 g/mol. The Bertz CT molecular complexity index is 638. The van der Waals surface area contributed by atoms with Gasteiger partial charge >= 0.3 is 0 Å². The number of carbonyl (C=O) groups excluding carboxylic acids is 1. The minimum Gasteiger partial charge on any atom is -0.331 e. The fourth-order valence-electron chi connectivity index (χ4n) is 2.68. The van der Waals surface area contributed by atoms with Crippen molar-refractivity contribution in [3.8, 4) is 0 Å². The highest BCUT2D eigenvalue weighted by Gasteiger charge is 2.34. The molecular formula is C18H19ClN2O. The number of pyridine rings is 1. The van der Waals surface area contributed by atoms with Gasteiger partial charge in [-0.05, 0) is 43.4 Å². The molecule has 0 radical (unpaired) electrons. The summed E-state index contributed by atoms with van der Waals surface area (Å²) in [6, 6.07) is 13.8. The van der Waals surface area contributed by atoms with Crippen molar-refractivity contribution in [1.29, 1.82) is 0 Å².